The fraction of sp³-hybridized carbons (Fsp3) is 0.500. The van der Waals surface area contributed by atoms with E-state index in [9.17, 15) is 26.4 Å². The fourth-order valence-corrected chi connectivity index (χ4v) is 12.3. The first-order valence-electron chi connectivity index (χ1n) is 26.4. The Morgan fingerprint density at radius 2 is 1.21 bits per heavy atom. The number of fused-ring (bicyclic) bond motifs is 2. The van der Waals surface area contributed by atoms with Gasteiger partial charge in [-0.3, -0.25) is 23.9 Å². The molecule has 6 aromatic heterocycles. The van der Waals surface area contributed by atoms with E-state index >= 15 is 0 Å². The summed E-state index contributed by atoms with van der Waals surface area (Å²) in [7, 11) is -5.94. The van der Waals surface area contributed by atoms with Gasteiger partial charge in [-0.05, 0) is 82.1 Å². The van der Waals surface area contributed by atoms with Crippen molar-refractivity contribution in [1.29, 1.82) is 0 Å². The molecule has 25 heteroatoms. The Kier molecular flexibility index (Phi) is 18.7. The highest BCUT2D eigenvalue weighted by Gasteiger charge is 2.32. The van der Waals surface area contributed by atoms with Crippen LogP contribution in [0.2, 0.25) is 0 Å². The summed E-state index contributed by atoms with van der Waals surface area (Å²) >= 11 is 0. The molecule has 2 aliphatic rings. The van der Waals surface area contributed by atoms with Crippen molar-refractivity contribution in [3.05, 3.63) is 92.6 Å². The van der Waals surface area contributed by atoms with Crippen LogP contribution in [0, 0.1) is 0 Å². The van der Waals surface area contributed by atoms with Crippen LogP contribution in [-0.4, -0.2) is 177 Å². The third kappa shape index (κ3) is 12.5. The first kappa shape index (κ1) is 56.7. The summed E-state index contributed by atoms with van der Waals surface area (Å²) in [4.78, 5) is 54.7. The fourth-order valence-electron chi connectivity index (χ4n) is 9.50. The summed E-state index contributed by atoms with van der Waals surface area (Å²) in [6.45, 7) is 20.2. The monoisotopic (exact) mass is 1100 g/mol. The summed E-state index contributed by atoms with van der Waals surface area (Å²) in [5.41, 5.74) is 3.67. The first-order valence-corrected chi connectivity index (χ1v) is 29.3. The number of rotatable bonds is 21. The molecule has 2 saturated heterocycles. The van der Waals surface area contributed by atoms with Crippen LogP contribution in [0.5, 0.6) is 11.6 Å². The van der Waals surface area contributed by atoms with E-state index in [-0.39, 0.29) is 38.4 Å². The summed E-state index contributed by atoms with van der Waals surface area (Å²) in [6.07, 6.45) is 6.02. The third-order valence-corrected chi connectivity index (χ3v) is 17.3. The number of nitrogens with one attached hydrogen (secondary N) is 2. The molecule has 2 fully saturated rings. The zero-order chi connectivity index (χ0) is 54.9. The zero-order valence-corrected chi connectivity index (χ0v) is 46.6. The van der Waals surface area contributed by atoms with E-state index in [0.717, 1.165) is 43.0 Å². The Balaban J connectivity index is 0.000000205. The number of hydrogen-bond acceptors (Lipinski definition) is 17. The number of aromatic amines is 2. The number of benzene rings is 1. The highest BCUT2D eigenvalue weighted by molar-refractivity contribution is 7.89. The number of sulfonamides is 2. The quantitative estimate of drug-likeness (QED) is 0.101. The van der Waals surface area contributed by atoms with Crippen molar-refractivity contribution in [3.8, 4) is 34.4 Å². The van der Waals surface area contributed by atoms with Gasteiger partial charge < -0.3 is 34.0 Å². The van der Waals surface area contributed by atoms with Gasteiger partial charge in [0.15, 0.2) is 11.0 Å². The number of methoxy groups -OCH3 is 1. The van der Waals surface area contributed by atoms with Gasteiger partial charge in [0.2, 0.25) is 25.9 Å². The van der Waals surface area contributed by atoms with Gasteiger partial charge in [0, 0.05) is 65.7 Å². The molecule has 0 unspecified atom stereocenters. The van der Waals surface area contributed by atoms with E-state index in [0.29, 0.717) is 126 Å². The number of hydrogen-bond donors (Lipinski definition) is 2. The molecule has 0 atom stereocenters. The number of H-pyrrole nitrogens is 2. The highest BCUT2D eigenvalue weighted by atomic mass is 32.2. The minimum Gasteiger partial charge on any atom is -0.493 e. The van der Waals surface area contributed by atoms with E-state index in [2.05, 4.69) is 53.8 Å². The van der Waals surface area contributed by atoms with Gasteiger partial charge in [0.25, 0.3) is 11.1 Å². The molecule has 0 radical (unpaired) electrons. The van der Waals surface area contributed by atoms with Crippen LogP contribution < -0.4 is 20.6 Å². The predicted octanol–water partition coefficient (Wildman–Crippen LogP) is 4.41. The van der Waals surface area contributed by atoms with Gasteiger partial charge >= 0.3 is 0 Å². The van der Waals surface area contributed by atoms with Crippen molar-refractivity contribution in [1.82, 2.24) is 67.9 Å². The Morgan fingerprint density at radius 1 is 0.610 bits per heavy atom. The van der Waals surface area contributed by atoms with Gasteiger partial charge in [0.1, 0.15) is 33.3 Å². The molecule has 0 aliphatic carbocycles. The van der Waals surface area contributed by atoms with Crippen LogP contribution in [-0.2, 0) is 50.7 Å². The van der Waals surface area contributed by atoms with Crippen LogP contribution in [0.4, 0.5) is 0 Å². The number of aromatic nitrogens is 10. The van der Waals surface area contributed by atoms with E-state index in [1.165, 1.54) is 20.9 Å². The second-order valence-corrected chi connectivity index (χ2v) is 22.4. The standard InChI is InChI=1S/C29H37N7O4S.C23H33N7O5S/c1-4-13-34-14-16-35(17-15-34)41(38,39)22-10-11-25(40-18-5-2)23(19-22)28-31-26-24(6-3)36(33-27(26)29(37)32-28)20-21-9-7-8-12-30-21;1-5-18-19-20(27-30(18)12-13-34-4)22(31)26-21(25-19)17-14-16(15-24-23(17)35-7-3)36(32,33)29-10-8-28(6-2)9-11-29/h7-12,19H,4-6,13-18,20H2,1-3H3,(H,31,32,37);14-15H,5-13H2,1-4H3,(H,25,26,31). The van der Waals surface area contributed by atoms with Crippen molar-refractivity contribution in [2.24, 2.45) is 0 Å². The lowest BCUT2D eigenvalue weighted by Crippen LogP contribution is -2.48. The lowest BCUT2D eigenvalue weighted by Gasteiger charge is -2.33. The number of nitrogens with zero attached hydrogens (tertiary/aromatic N) is 12. The molecule has 0 spiro atoms. The van der Waals surface area contributed by atoms with Crippen molar-refractivity contribution in [3.63, 3.8) is 0 Å². The third-order valence-electron chi connectivity index (χ3n) is 13.6. The number of piperazine rings is 2. The van der Waals surface area contributed by atoms with Crippen LogP contribution >= 0.6 is 0 Å². The SMILES string of the molecule is CCCOc1ccc(S(=O)(=O)N2CCN(CCC)CC2)cc1-c1nc2c(CC)n(Cc3ccccn3)nc2c(=O)[nH]1.CCOc1ncc(S(=O)(=O)N2CCN(CC)CC2)cc1-c1nc2c(CC)n(CCOC)nc2c(=O)[nH]1. The molecule has 0 saturated carbocycles. The number of ether oxygens (including phenoxy) is 3. The van der Waals surface area contributed by atoms with Crippen molar-refractivity contribution in [2.75, 3.05) is 92.4 Å². The average Bonchev–Trinajstić information content (AvgIpc) is 4.02. The topological polar surface area (TPSA) is 262 Å². The number of pyridine rings is 2. The average molecular weight is 1100 g/mol. The molecule has 1 aromatic carbocycles. The van der Waals surface area contributed by atoms with E-state index < -0.39 is 31.2 Å². The molecule has 0 bridgehead atoms. The molecule has 8 heterocycles. The predicted molar refractivity (Wildman–Crippen MR) is 292 cm³/mol. The minimum atomic E-state index is -3.79. The molecule has 2 aliphatic heterocycles. The van der Waals surface area contributed by atoms with Gasteiger partial charge in [-0.1, -0.05) is 40.7 Å². The van der Waals surface area contributed by atoms with E-state index in [1.54, 1.807) is 47.8 Å². The smallest absolute Gasteiger partial charge is 0.279 e. The molecule has 414 valence electrons. The Morgan fingerprint density at radius 3 is 1.78 bits per heavy atom. The Bertz CT molecular complexity index is 3500. The molecule has 0 amide bonds. The lowest BCUT2D eigenvalue weighted by atomic mass is 10.1. The van der Waals surface area contributed by atoms with Crippen molar-refractivity contribution in [2.45, 2.75) is 90.1 Å². The first-order chi connectivity index (χ1) is 37.2. The maximum Gasteiger partial charge on any atom is 0.279 e. The van der Waals surface area contributed by atoms with Crippen LogP contribution in [0.1, 0.15) is 71.5 Å². The second-order valence-electron chi connectivity index (χ2n) is 18.6. The van der Waals surface area contributed by atoms with Gasteiger partial charge in [-0.15, -0.1) is 0 Å². The maximum absolute atomic E-state index is 13.7. The second kappa shape index (κ2) is 25.3. The van der Waals surface area contributed by atoms with Gasteiger partial charge in [-0.25, -0.2) is 31.8 Å². The molecule has 77 heavy (non-hydrogen) atoms. The van der Waals surface area contributed by atoms with Crippen LogP contribution in [0.3, 0.4) is 0 Å². The summed E-state index contributed by atoms with van der Waals surface area (Å²) in [5.74, 6) is 1.07. The molecule has 7 aromatic rings. The van der Waals surface area contributed by atoms with E-state index in [1.807, 2.05) is 39.0 Å². The number of likely N-dealkylation sites (N-methyl/N-ethyl adjacent to an activating group) is 1. The zero-order valence-electron chi connectivity index (χ0n) is 45.0. The molecule has 2 N–H and O–H groups in total. The Hall–Kier alpha value is -6.48. The number of aryl methyl sites for hydroxylation is 2. The molecular formula is C52H70N14O9S2. The van der Waals surface area contributed by atoms with Gasteiger partial charge in [-0.2, -0.15) is 18.8 Å². The van der Waals surface area contributed by atoms with Crippen molar-refractivity contribution < 1.29 is 31.0 Å². The minimum absolute atomic E-state index is 0.0279. The van der Waals surface area contributed by atoms with Crippen molar-refractivity contribution >= 4 is 42.1 Å². The molecular weight excluding hydrogens is 1030 g/mol. The van der Waals surface area contributed by atoms with Crippen LogP contribution in [0.15, 0.2) is 74.2 Å². The van der Waals surface area contributed by atoms with Crippen LogP contribution in [0.25, 0.3) is 44.8 Å². The Labute approximate surface area is 448 Å². The highest BCUT2D eigenvalue weighted by Crippen LogP contribution is 2.34. The lowest BCUT2D eigenvalue weighted by molar-refractivity contribution is 0.183. The summed E-state index contributed by atoms with van der Waals surface area (Å²) in [5, 5.41) is 8.98. The van der Waals surface area contributed by atoms with E-state index in [4.69, 9.17) is 24.2 Å². The summed E-state index contributed by atoms with van der Waals surface area (Å²) < 4.78 is 77.5. The summed E-state index contributed by atoms with van der Waals surface area (Å²) in [6, 6.07) is 11.9. The normalized spacial score (nSPS) is 15.3. The largest absolute Gasteiger partial charge is 0.493 e. The molecule has 9 rings (SSSR count). The van der Waals surface area contributed by atoms with Gasteiger partial charge in [0.05, 0.1) is 72.2 Å². The maximum atomic E-state index is 13.7. The molecule has 23 nitrogen and oxygen atoms in total.